The maximum atomic E-state index is 13.0. The third kappa shape index (κ3) is 3.40. The Labute approximate surface area is 150 Å². The smallest absolute Gasteiger partial charge is 0.419 e. The van der Waals surface area contributed by atoms with Crippen LogP contribution in [-0.4, -0.2) is 29.3 Å². The molecule has 0 saturated carbocycles. The monoisotopic (exact) mass is 369 g/mol. The normalized spacial score (nSPS) is 16.7. The van der Waals surface area contributed by atoms with Crippen LogP contribution in [0, 0.1) is 6.92 Å². The van der Waals surface area contributed by atoms with Crippen molar-refractivity contribution in [2.75, 3.05) is 18.6 Å². The number of fused-ring (bicyclic) bond motifs is 1. The number of carbonyl (C=O) groups is 1. The minimum atomic E-state index is -4.52. The van der Waals surface area contributed by atoms with Crippen LogP contribution in [0.15, 0.2) is 24.4 Å². The number of aryl methyl sites for hydroxylation is 1. The molecule has 1 amide bonds. The third-order valence-corrected chi connectivity index (χ3v) is 4.09. The zero-order valence-electron chi connectivity index (χ0n) is 15.4. The van der Waals surface area contributed by atoms with E-state index in [0.717, 1.165) is 11.6 Å². The number of benzene rings is 1. The number of hydrogen-bond donors (Lipinski definition) is 0. The molecule has 1 aliphatic rings. The van der Waals surface area contributed by atoms with Gasteiger partial charge in [0.25, 0.3) is 5.91 Å². The van der Waals surface area contributed by atoms with Crippen molar-refractivity contribution >= 4 is 11.6 Å². The minimum Gasteiger partial charge on any atom is -0.496 e. The van der Waals surface area contributed by atoms with Gasteiger partial charge >= 0.3 is 6.18 Å². The second-order valence-electron chi connectivity index (χ2n) is 5.77. The van der Waals surface area contributed by atoms with Crippen molar-refractivity contribution in [2.45, 2.75) is 39.9 Å². The molecule has 1 aliphatic heterocycles. The van der Waals surface area contributed by atoms with Crippen LogP contribution >= 0.6 is 0 Å². The molecule has 0 fully saturated rings. The number of hydrogen-bond acceptors (Lipinski definition) is 3. The van der Waals surface area contributed by atoms with Gasteiger partial charge in [-0.05, 0) is 26.0 Å². The summed E-state index contributed by atoms with van der Waals surface area (Å²) in [6, 6.07) is 3.39. The van der Waals surface area contributed by atoms with Crippen LogP contribution in [0.3, 0.4) is 0 Å². The van der Waals surface area contributed by atoms with Crippen LogP contribution in [0.5, 0.6) is 5.75 Å². The number of ether oxygens (including phenoxy) is 1. The number of rotatable bonds is 2. The lowest BCUT2D eigenvalue weighted by Gasteiger charge is -2.32. The third-order valence-electron chi connectivity index (χ3n) is 4.09. The van der Waals surface area contributed by atoms with Crippen molar-refractivity contribution in [2.24, 2.45) is 0 Å². The highest BCUT2D eigenvalue weighted by molar-refractivity contribution is 6.06. The summed E-state index contributed by atoms with van der Waals surface area (Å²) in [4.78, 5) is 14.2. The van der Waals surface area contributed by atoms with Gasteiger partial charge in [-0.3, -0.25) is 9.48 Å². The van der Waals surface area contributed by atoms with Crippen molar-refractivity contribution in [1.82, 2.24) is 9.78 Å². The van der Waals surface area contributed by atoms with Crippen molar-refractivity contribution < 1.29 is 22.7 Å². The first-order valence-corrected chi connectivity index (χ1v) is 8.35. The molecule has 0 bridgehead atoms. The summed E-state index contributed by atoms with van der Waals surface area (Å²) in [5.74, 6) is -0.596. The molecule has 142 valence electrons. The molecule has 8 heteroatoms. The largest absolute Gasteiger partial charge is 0.496 e. The highest BCUT2D eigenvalue weighted by Gasteiger charge is 2.36. The summed E-state index contributed by atoms with van der Waals surface area (Å²) in [5, 5.41) is 4.19. The predicted octanol–water partition coefficient (Wildman–Crippen LogP) is 4.47. The molecule has 1 unspecified atom stereocenters. The van der Waals surface area contributed by atoms with Crippen LogP contribution in [0.1, 0.15) is 48.4 Å². The number of amides is 1. The van der Waals surface area contributed by atoms with Gasteiger partial charge in [-0.15, -0.1) is 0 Å². The van der Waals surface area contributed by atoms with E-state index in [1.165, 1.54) is 24.1 Å². The fraction of sp³-hybridized carbons (Fsp3) is 0.444. The van der Waals surface area contributed by atoms with E-state index in [4.69, 9.17) is 4.74 Å². The van der Waals surface area contributed by atoms with Crippen LogP contribution in [0.25, 0.3) is 0 Å². The number of anilines is 1. The lowest BCUT2D eigenvalue weighted by Crippen LogP contribution is -2.43. The quantitative estimate of drug-likeness (QED) is 0.785. The van der Waals surface area contributed by atoms with Crippen LogP contribution < -0.4 is 9.64 Å². The first-order chi connectivity index (χ1) is 12.2. The fourth-order valence-electron chi connectivity index (χ4n) is 2.91. The van der Waals surface area contributed by atoms with Gasteiger partial charge in [0.2, 0.25) is 0 Å². The first-order valence-electron chi connectivity index (χ1n) is 8.35. The van der Waals surface area contributed by atoms with Gasteiger partial charge in [0.15, 0.2) is 0 Å². The molecule has 0 radical (unpaired) electrons. The summed E-state index contributed by atoms with van der Waals surface area (Å²) in [6.07, 6.45) is -2.90. The van der Waals surface area contributed by atoms with Gasteiger partial charge in [-0.25, -0.2) is 0 Å². The van der Waals surface area contributed by atoms with Gasteiger partial charge in [0, 0.05) is 23.9 Å². The van der Waals surface area contributed by atoms with E-state index in [0.29, 0.717) is 17.9 Å². The molecule has 0 aliphatic carbocycles. The Balaban J connectivity index is 0.00000117. The van der Waals surface area contributed by atoms with E-state index in [2.05, 4.69) is 5.10 Å². The molecular weight excluding hydrogens is 347 g/mol. The summed E-state index contributed by atoms with van der Waals surface area (Å²) in [6.45, 7) is 8.00. The SMILES string of the molecule is CC.COc1cc(N2CC(C)n3ncc(C)c3C2=O)ccc1C(F)(F)F. The highest BCUT2D eigenvalue weighted by atomic mass is 19.4. The number of carbonyl (C=O) groups excluding carboxylic acids is 1. The summed E-state index contributed by atoms with van der Waals surface area (Å²) in [5.41, 5.74) is 0.680. The van der Waals surface area contributed by atoms with E-state index in [1.54, 1.807) is 17.8 Å². The molecule has 2 heterocycles. The maximum absolute atomic E-state index is 13.0. The Hall–Kier alpha value is -2.51. The topological polar surface area (TPSA) is 47.4 Å². The van der Waals surface area contributed by atoms with Gasteiger partial charge in [-0.1, -0.05) is 13.8 Å². The van der Waals surface area contributed by atoms with Crippen molar-refractivity contribution in [3.8, 4) is 5.75 Å². The molecule has 1 aromatic heterocycles. The molecule has 5 nitrogen and oxygen atoms in total. The van der Waals surface area contributed by atoms with E-state index < -0.39 is 11.7 Å². The zero-order valence-corrected chi connectivity index (χ0v) is 15.4. The molecule has 1 atom stereocenters. The molecular formula is C18H22F3N3O2. The Morgan fingerprint density at radius 1 is 1.27 bits per heavy atom. The summed E-state index contributed by atoms with van der Waals surface area (Å²) in [7, 11) is 1.17. The Morgan fingerprint density at radius 3 is 2.50 bits per heavy atom. The minimum absolute atomic E-state index is 0.0836. The second-order valence-corrected chi connectivity index (χ2v) is 5.77. The van der Waals surface area contributed by atoms with Crippen LogP contribution in [0.2, 0.25) is 0 Å². The molecule has 0 spiro atoms. The first kappa shape index (κ1) is 19.8. The predicted molar refractivity (Wildman–Crippen MR) is 92.7 cm³/mol. The van der Waals surface area contributed by atoms with E-state index in [1.807, 2.05) is 20.8 Å². The van der Waals surface area contributed by atoms with Gasteiger partial charge in [0.05, 0.1) is 24.9 Å². The van der Waals surface area contributed by atoms with Gasteiger partial charge in [-0.2, -0.15) is 18.3 Å². The summed E-state index contributed by atoms with van der Waals surface area (Å²) < 4.78 is 45.5. The molecule has 2 aromatic rings. The molecule has 3 rings (SSSR count). The van der Waals surface area contributed by atoms with Gasteiger partial charge in [0.1, 0.15) is 11.4 Å². The maximum Gasteiger partial charge on any atom is 0.419 e. The number of alkyl halides is 3. The van der Waals surface area contributed by atoms with Crippen molar-refractivity contribution in [3.63, 3.8) is 0 Å². The average Bonchev–Trinajstić information content (AvgIpc) is 3.01. The number of halogens is 3. The molecule has 26 heavy (non-hydrogen) atoms. The number of aromatic nitrogens is 2. The lowest BCUT2D eigenvalue weighted by molar-refractivity contribution is -0.138. The second kappa shape index (κ2) is 7.39. The highest BCUT2D eigenvalue weighted by Crippen LogP contribution is 2.39. The Bertz CT molecular complexity index is 799. The molecule has 0 saturated heterocycles. The van der Waals surface area contributed by atoms with E-state index >= 15 is 0 Å². The fourth-order valence-corrected chi connectivity index (χ4v) is 2.91. The molecule has 1 aromatic carbocycles. The zero-order chi connectivity index (χ0) is 19.6. The molecule has 0 N–H and O–H groups in total. The van der Waals surface area contributed by atoms with E-state index in [-0.39, 0.29) is 17.7 Å². The van der Waals surface area contributed by atoms with Gasteiger partial charge < -0.3 is 9.64 Å². The standard InChI is InChI=1S/C16H16F3N3O2.C2H6/c1-9-7-20-22-10(2)8-21(15(23)14(9)22)11-4-5-12(16(17,18)19)13(6-11)24-3;1-2/h4-7,10H,8H2,1-3H3;1-2H3. The summed E-state index contributed by atoms with van der Waals surface area (Å²) >= 11 is 0. The number of methoxy groups -OCH3 is 1. The van der Waals surface area contributed by atoms with Crippen LogP contribution in [0.4, 0.5) is 18.9 Å². The number of nitrogens with zero attached hydrogens (tertiary/aromatic N) is 3. The Morgan fingerprint density at radius 2 is 1.92 bits per heavy atom. The van der Waals surface area contributed by atoms with Crippen molar-refractivity contribution in [1.29, 1.82) is 0 Å². The lowest BCUT2D eigenvalue weighted by atomic mass is 10.1. The van der Waals surface area contributed by atoms with Crippen LogP contribution in [-0.2, 0) is 6.18 Å². The van der Waals surface area contributed by atoms with Crippen molar-refractivity contribution in [3.05, 3.63) is 41.2 Å². The van der Waals surface area contributed by atoms with E-state index in [9.17, 15) is 18.0 Å². The average molecular weight is 369 g/mol. The Kier molecular flexibility index (Phi) is 5.63.